The minimum Gasteiger partial charge on any atom is -0.293 e. The minimum atomic E-state index is -2.62. The highest BCUT2D eigenvalue weighted by Crippen LogP contribution is 2.17. The molecule has 0 radical (unpaired) electrons. The van der Waals surface area contributed by atoms with Crippen LogP contribution in [-0.4, -0.2) is 58.4 Å². The van der Waals surface area contributed by atoms with Gasteiger partial charge in [0.1, 0.15) is 11.5 Å². The van der Waals surface area contributed by atoms with Crippen LogP contribution in [0.4, 0.5) is 17.6 Å². The quantitative estimate of drug-likeness (QED) is 0.781. The Morgan fingerprint density at radius 1 is 1.29 bits per heavy atom. The lowest BCUT2D eigenvalue weighted by molar-refractivity contribution is 0.0234. The van der Waals surface area contributed by atoms with Gasteiger partial charge in [-0.1, -0.05) is 0 Å². The van der Waals surface area contributed by atoms with Gasteiger partial charge in [-0.15, -0.1) is 0 Å². The van der Waals surface area contributed by atoms with Crippen LogP contribution in [0.5, 0.6) is 0 Å². The second kappa shape index (κ2) is 7.13. The van der Waals surface area contributed by atoms with Crippen molar-refractivity contribution in [3.8, 4) is 0 Å². The van der Waals surface area contributed by atoms with Gasteiger partial charge in [0, 0.05) is 31.9 Å². The summed E-state index contributed by atoms with van der Waals surface area (Å²) in [6, 6.07) is 1.18. The molecule has 0 bridgehead atoms. The van der Waals surface area contributed by atoms with E-state index in [0.717, 1.165) is 0 Å². The minimum absolute atomic E-state index is 0.00830. The van der Waals surface area contributed by atoms with Gasteiger partial charge < -0.3 is 0 Å². The van der Waals surface area contributed by atoms with Crippen LogP contribution in [0, 0.1) is 0 Å². The lowest BCUT2D eigenvalue weighted by Gasteiger charge is -2.39. The highest BCUT2D eigenvalue weighted by Gasteiger charge is 2.26. The number of rotatable bonds is 5. The fourth-order valence-corrected chi connectivity index (χ4v) is 2.48. The van der Waals surface area contributed by atoms with Crippen LogP contribution < -0.4 is 0 Å². The molecule has 21 heavy (non-hydrogen) atoms. The molecule has 0 saturated carbocycles. The van der Waals surface area contributed by atoms with E-state index in [1.54, 1.807) is 4.90 Å². The first-order chi connectivity index (χ1) is 9.95. The zero-order valence-electron chi connectivity index (χ0n) is 11.7. The van der Waals surface area contributed by atoms with E-state index in [4.69, 9.17) is 0 Å². The van der Waals surface area contributed by atoms with E-state index < -0.39 is 12.9 Å². The SMILES string of the molecule is C[C@H]1CN(Cc2nccc(C(F)F)n2)CCN1CC(F)F. The molecular weight excluding hydrogens is 288 g/mol. The topological polar surface area (TPSA) is 32.3 Å². The first-order valence-electron chi connectivity index (χ1n) is 6.80. The fourth-order valence-electron chi connectivity index (χ4n) is 2.48. The number of hydrogen-bond donors (Lipinski definition) is 0. The first-order valence-corrected chi connectivity index (χ1v) is 6.80. The highest BCUT2D eigenvalue weighted by molar-refractivity contribution is 5.03. The van der Waals surface area contributed by atoms with Gasteiger partial charge in [0.05, 0.1) is 13.1 Å². The fraction of sp³-hybridized carbons (Fsp3) is 0.692. The van der Waals surface area contributed by atoms with Gasteiger partial charge in [-0.3, -0.25) is 9.80 Å². The predicted octanol–water partition coefficient (Wildman–Crippen LogP) is 2.19. The molecule has 1 aromatic heterocycles. The summed E-state index contributed by atoms with van der Waals surface area (Å²) in [6.07, 6.45) is -3.64. The zero-order chi connectivity index (χ0) is 15.4. The lowest BCUT2D eigenvalue weighted by Crippen LogP contribution is -2.52. The normalized spacial score (nSPS) is 21.4. The summed E-state index contributed by atoms with van der Waals surface area (Å²) in [7, 11) is 0. The molecule has 1 aliphatic heterocycles. The molecule has 0 spiro atoms. The molecule has 1 saturated heterocycles. The van der Waals surface area contributed by atoms with Crippen molar-refractivity contribution < 1.29 is 17.6 Å². The molecule has 1 fully saturated rings. The predicted molar refractivity (Wildman–Crippen MR) is 69.3 cm³/mol. The smallest absolute Gasteiger partial charge is 0.280 e. The van der Waals surface area contributed by atoms with Crippen LogP contribution in [0.25, 0.3) is 0 Å². The van der Waals surface area contributed by atoms with E-state index in [2.05, 4.69) is 9.97 Å². The molecule has 8 heteroatoms. The second-order valence-electron chi connectivity index (χ2n) is 5.17. The van der Waals surface area contributed by atoms with Crippen LogP contribution in [0.15, 0.2) is 12.3 Å². The van der Waals surface area contributed by atoms with Gasteiger partial charge in [-0.25, -0.2) is 27.5 Å². The van der Waals surface area contributed by atoms with Gasteiger partial charge >= 0.3 is 0 Å². The van der Waals surface area contributed by atoms with E-state index in [1.807, 2.05) is 11.8 Å². The van der Waals surface area contributed by atoms with Gasteiger partial charge in [-0.2, -0.15) is 0 Å². The summed E-state index contributed by atoms with van der Waals surface area (Å²) in [6.45, 7) is 3.72. The third kappa shape index (κ3) is 4.60. The van der Waals surface area contributed by atoms with Crippen LogP contribution in [-0.2, 0) is 6.54 Å². The van der Waals surface area contributed by atoms with Crippen molar-refractivity contribution in [2.45, 2.75) is 32.4 Å². The number of nitrogens with zero attached hydrogens (tertiary/aromatic N) is 4. The van der Waals surface area contributed by atoms with Crippen LogP contribution >= 0.6 is 0 Å². The molecule has 4 nitrogen and oxygen atoms in total. The molecule has 0 aromatic carbocycles. The van der Waals surface area contributed by atoms with Crippen LogP contribution in [0.3, 0.4) is 0 Å². The molecule has 2 heterocycles. The Labute approximate surface area is 120 Å². The molecule has 118 valence electrons. The number of halogens is 4. The van der Waals surface area contributed by atoms with E-state index >= 15 is 0 Å². The largest absolute Gasteiger partial charge is 0.293 e. The Balaban J connectivity index is 1.92. The van der Waals surface area contributed by atoms with E-state index in [0.29, 0.717) is 32.0 Å². The van der Waals surface area contributed by atoms with Crippen molar-refractivity contribution in [1.82, 2.24) is 19.8 Å². The van der Waals surface area contributed by atoms with Gasteiger partial charge in [0.15, 0.2) is 0 Å². The third-order valence-electron chi connectivity index (χ3n) is 3.54. The molecule has 0 aliphatic carbocycles. The van der Waals surface area contributed by atoms with Crippen molar-refractivity contribution in [1.29, 1.82) is 0 Å². The first kappa shape index (κ1) is 16.1. The number of hydrogen-bond acceptors (Lipinski definition) is 4. The summed E-state index contributed by atoms with van der Waals surface area (Å²) in [5.74, 6) is 0.335. The van der Waals surface area contributed by atoms with Crippen molar-refractivity contribution in [2.24, 2.45) is 0 Å². The Kier molecular flexibility index (Phi) is 5.46. The van der Waals surface area contributed by atoms with Crippen molar-refractivity contribution >= 4 is 0 Å². The maximum atomic E-state index is 12.6. The molecule has 0 unspecified atom stereocenters. The summed E-state index contributed by atoms with van der Waals surface area (Å²) in [4.78, 5) is 11.5. The molecule has 1 aliphatic rings. The molecule has 2 rings (SSSR count). The van der Waals surface area contributed by atoms with E-state index in [1.165, 1.54) is 12.3 Å². The van der Waals surface area contributed by atoms with Gasteiger partial charge in [-0.05, 0) is 13.0 Å². The van der Waals surface area contributed by atoms with Crippen LogP contribution in [0.1, 0.15) is 24.9 Å². The lowest BCUT2D eigenvalue weighted by atomic mass is 10.2. The van der Waals surface area contributed by atoms with E-state index in [9.17, 15) is 17.6 Å². The second-order valence-corrected chi connectivity index (χ2v) is 5.17. The highest BCUT2D eigenvalue weighted by atomic mass is 19.3. The Morgan fingerprint density at radius 2 is 2.05 bits per heavy atom. The maximum absolute atomic E-state index is 12.6. The zero-order valence-corrected chi connectivity index (χ0v) is 11.7. The van der Waals surface area contributed by atoms with Gasteiger partial charge in [0.2, 0.25) is 0 Å². The average molecular weight is 306 g/mol. The van der Waals surface area contributed by atoms with Crippen molar-refractivity contribution in [2.75, 3.05) is 26.2 Å². The van der Waals surface area contributed by atoms with Crippen molar-refractivity contribution in [3.05, 3.63) is 23.8 Å². The monoisotopic (exact) mass is 306 g/mol. The molecule has 1 aromatic rings. The molecule has 0 amide bonds. The van der Waals surface area contributed by atoms with Gasteiger partial charge in [0.25, 0.3) is 12.9 Å². The number of piperazine rings is 1. The summed E-state index contributed by atoms with van der Waals surface area (Å²) >= 11 is 0. The molecule has 0 N–H and O–H groups in total. The number of alkyl halides is 4. The maximum Gasteiger partial charge on any atom is 0.280 e. The van der Waals surface area contributed by atoms with Crippen molar-refractivity contribution in [3.63, 3.8) is 0 Å². The Hall–Kier alpha value is -1.28. The Morgan fingerprint density at radius 3 is 2.67 bits per heavy atom. The van der Waals surface area contributed by atoms with E-state index in [-0.39, 0.29) is 18.3 Å². The Bertz CT molecular complexity index is 458. The summed E-state index contributed by atoms with van der Waals surface area (Å²) in [5, 5.41) is 0. The summed E-state index contributed by atoms with van der Waals surface area (Å²) in [5.41, 5.74) is -0.288. The summed E-state index contributed by atoms with van der Waals surface area (Å²) < 4.78 is 50.0. The molecule has 1 atom stereocenters. The standard InChI is InChI=1S/C13H18F4N4/c1-9-6-20(4-5-21(9)7-11(14)15)8-12-18-3-2-10(19-12)13(16)17/h2-3,9,11,13H,4-8H2,1H3/t9-/m0/s1. The third-order valence-corrected chi connectivity index (χ3v) is 3.54. The average Bonchev–Trinajstić information content (AvgIpc) is 2.42. The van der Waals surface area contributed by atoms with Crippen LogP contribution in [0.2, 0.25) is 0 Å². The molecular formula is C13H18F4N4. The number of aromatic nitrogens is 2.